The van der Waals surface area contributed by atoms with Crippen molar-refractivity contribution in [3.8, 4) is 11.4 Å². The molecule has 0 radical (unpaired) electrons. The Morgan fingerprint density at radius 3 is 2.86 bits per heavy atom. The quantitative estimate of drug-likeness (QED) is 0.846. The van der Waals surface area contributed by atoms with Gasteiger partial charge >= 0.3 is 0 Å². The molecule has 0 unspecified atom stereocenters. The van der Waals surface area contributed by atoms with Gasteiger partial charge in [0.1, 0.15) is 17.5 Å². The molecule has 4 N–H and O–H groups in total. The number of aromatic nitrogens is 3. The summed E-state index contributed by atoms with van der Waals surface area (Å²) < 4.78 is 5.45. The third-order valence-corrected chi connectivity index (χ3v) is 3.43. The van der Waals surface area contributed by atoms with Crippen LogP contribution in [0.5, 0.6) is 0 Å². The van der Waals surface area contributed by atoms with Gasteiger partial charge in [0, 0.05) is 24.4 Å². The van der Waals surface area contributed by atoms with Crippen molar-refractivity contribution in [1.29, 1.82) is 0 Å². The van der Waals surface area contributed by atoms with E-state index in [9.17, 15) is 0 Å². The highest BCUT2D eigenvalue weighted by Crippen LogP contribution is 2.24. The van der Waals surface area contributed by atoms with Gasteiger partial charge in [-0.25, -0.2) is 15.0 Å². The Morgan fingerprint density at radius 2 is 2.10 bits per heavy atom. The van der Waals surface area contributed by atoms with Crippen LogP contribution in [0.15, 0.2) is 24.4 Å². The lowest BCUT2D eigenvalue weighted by Crippen LogP contribution is -2.44. The SMILES string of the molecule is C[C@@H]1COCCN1c1cc(N)nc(-c2ccnc(N)c2)n1. The van der Waals surface area contributed by atoms with Gasteiger partial charge in [0.25, 0.3) is 0 Å². The highest BCUT2D eigenvalue weighted by Gasteiger charge is 2.21. The Hall–Kier alpha value is -2.41. The van der Waals surface area contributed by atoms with Crippen molar-refractivity contribution in [3.05, 3.63) is 24.4 Å². The van der Waals surface area contributed by atoms with Crippen LogP contribution >= 0.6 is 0 Å². The molecular formula is C14H18N6O. The molecule has 0 amide bonds. The number of nitrogens with zero attached hydrogens (tertiary/aromatic N) is 4. The summed E-state index contributed by atoms with van der Waals surface area (Å²) in [5, 5.41) is 0. The highest BCUT2D eigenvalue weighted by atomic mass is 16.5. The molecule has 0 aromatic carbocycles. The maximum absolute atomic E-state index is 5.93. The lowest BCUT2D eigenvalue weighted by atomic mass is 10.2. The maximum Gasteiger partial charge on any atom is 0.164 e. The van der Waals surface area contributed by atoms with Crippen LogP contribution in [-0.4, -0.2) is 40.8 Å². The molecule has 0 saturated carbocycles. The van der Waals surface area contributed by atoms with Crippen LogP contribution in [0.25, 0.3) is 11.4 Å². The summed E-state index contributed by atoms with van der Waals surface area (Å²) >= 11 is 0. The lowest BCUT2D eigenvalue weighted by molar-refractivity contribution is 0.0985. The average Bonchev–Trinajstić information content (AvgIpc) is 2.47. The standard InChI is InChI=1S/C14H18N6O/c1-9-8-21-5-4-20(9)13-7-12(16)18-14(19-13)10-2-3-17-11(15)6-10/h2-3,6-7,9H,4-5,8H2,1H3,(H2,15,17)(H2,16,18,19)/t9-/m1/s1. The average molecular weight is 286 g/mol. The first-order valence-corrected chi connectivity index (χ1v) is 6.84. The number of morpholine rings is 1. The van der Waals surface area contributed by atoms with Crippen LogP contribution in [0.2, 0.25) is 0 Å². The molecule has 1 aliphatic heterocycles. The van der Waals surface area contributed by atoms with E-state index in [2.05, 4.69) is 26.8 Å². The summed E-state index contributed by atoms with van der Waals surface area (Å²) in [6.45, 7) is 4.25. The third kappa shape index (κ3) is 2.87. The molecule has 3 heterocycles. The molecule has 1 atom stereocenters. The summed E-state index contributed by atoms with van der Waals surface area (Å²) in [5.74, 6) is 2.23. The number of hydrogen-bond acceptors (Lipinski definition) is 7. The predicted molar refractivity (Wildman–Crippen MR) is 81.7 cm³/mol. The van der Waals surface area contributed by atoms with Gasteiger partial charge in [-0.1, -0.05) is 0 Å². The zero-order valence-corrected chi connectivity index (χ0v) is 11.9. The zero-order chi connectivity index (χ0) is 14.8. The van der Waals surface area contributed by atoms with Gasteiger partial charge in [0.15, 0.2) is 5.82 Å². The van der Waals surface area contributed by atoms with E-state index in [1.807, 2.05) is 6.07 Å². The molecule has 0 bridgehead atoms. The fraction of sp³-hybridized carbons (Fsp3) is 0.357. The van der Waals surface area contributed by atoms with E-state index >= 15 is 0 Å². The number of pyridine rings is 1. The van der Waals surface area contributed by atoms with Crippen molar-refractivity contribution in [2.75, 3.05) is 36.1 Å². The molecule has 3 rings (SSSR count). The highest BCUT2D eigenvalue weighted by molar-refractivity contribution is 5.63. The van der Waals surface area contributed by atoms with Crippen LogP contribution < -0.4 is 16.4 Å². The molecule has 110 valence electrons. The Labute approximate surface area is 123 Å². The number of nitrogen functional groups attached to an aromatic ring is 2. The fourth-order valence-corrected chi connectivity index (χ4v) is 2.38. The van der Waals surface area contributed by atoms with E-state index < -0.39 is 0 Å². The van der Waals surface area contributed by atoms with Crippen molar-refractivity contribution in [3.63, 3.8) is 0 Å². The molecule has 2 aromatic rings. The van der Waals surface area contributed by atoms with E-state index in [-0.39, 0.29) is 6.04 Å². The fourth-order valence-electron chi connectivity index (χ4n) is 2.38. The largest absolute Gasteiger partial charge is 0.384 e. The second kappa shape index (κ2) is 5.53. The van der Waals surface area contributed by atoms with Crippen molar-refractivity contribution in [2.45, 2.75) is 13.0 Å². The van der Waals surface area contributed by atoms with Crippen molar-refractivity contribution in [2.24, 2.45) is 0 Å². The molecule has 1 aliphatic rings. The molecule has 0 aliphatic carbocycles. The van der Waals surface area contributed by atoms with Gasteiger partial charge in [0.2, 0.25) is 0 Å². The van der Waals surface area contributed by atoms with E-state index in [0.29, 0.717) is 30.7 Å². The summed E-state index contributed by atoms with van der Waals surface area (Å²) in [6, 6.07) is 5.60. The molecule has 2 aromatic heterocycles. The Kier molecular flexibility index (Phi) is 3.57. The normalized spacial score (nSPS) is 18.7. The predicted octanol–water partition coefficient (Wildman–Crippen LogP) is 0.928. The van der Waals surface area contributed by atoms with Gasteiger partial charge in [0.05, 0.1) is 19.3 Å². The first-order valence-electron chi connectivity index (χ1n) is 6.84. The molecule has 0 spiro atoms. The Morgan fingerprint density at radius 1 is 1.24 bits per heavy atom. The van der Waals surface area contributed by atoms with Gasteiger partial charge in [-0.3, -0.25) is 0 Å². The Bertz CT molecular complexity index is 647. The number of ether oxygens (including phenoxy) is 1. The topological polar surface area (TPSA) is 103 Å². The van der Waals surface area contributed by atoms with Crippen LogP contribution in [0.4, 0.5) is 17.5 Å². The number of rotatable bonds is 2. The summed E-state index contributed by atoms with van der Waals surface area (Å²) in [5.41, 5.74) is 12.4. The van der Waals surface area contributed by atoms with E-state index in [4.69, 9.17) is 16.2 Å². The minimum Gasteiger partial charge on any atom is -0.384 e. The van der Waals surface area contributed by atoms with Crippen molar-refractivity contribution >= 4 is 17.5 Å². The van der Waals surface area contributed by atoms with Gasteiger partial charge in [-0.15, -0.1) is 0 Å². The first-order chi connectivity index (χ1) is 10.1. The smallest absolute Gasteiger partial charge is 0.164 e. The molecule has 7 nitrogen and oxygen atoms in total. The summed E-state index contributed by atoms with van der Waals surface area (Å²) in [6.07, 6.45) is 1.63. The van der Waals surface area contributed by atoms with Crippen LogP contribution in [-0.2, 0) is 4.74 Å². The van der Waals surface area contributed by atoms with Crippen molar-refractivity contribution in [1.82, 2.24) is 15.0 Å². The molecular weight excluding hydrogens is 268 g/mol. The second-order valence-electron chi connectivity index (χ2n) is 5.06. The molecule has 1 fully saturated rings. The summed E-state index contributed by atoms with van der Waals surface area (Å²) in [4.78, 5) is 15.1. The molecule has 1 saturated heterocycles. The minimum atomic E-state index is 0.253. The maximum atomic E-state index is 5.93. The zero-order valence-electron chi connectivity index (χ0n) is 11.9. The van der Waals surface area contributed by atoms with Gasteiger partial charge < -0.3 is 21.1 Å². The second-order valence-corrected chi connectivity index (χ2v) is 5.06. The van der Waals surface area contributed by atoms with Gasteiger partial charge in [-0.2, -0.15) is 0 Å². The van der Waals surface area contributed by atoms with E-state index in [1.54, 1.807) is 18.3 Å². The monoisotopic (exact) mass is 286 g/mol. The van der Waals surface area contributed by atoms with E-state index in [1.165, 1.54) is 0 Å². The van der Waals surface area contributed by atoms with Crippen molar-refractivity contribution < 1.29 is 4.74 Å². The molecule has 7 heteroatoms. The number of nitrogens with two attached hydrogens (primary N) is 2. The van der Waals surface area contributed by atoms with Crippen LogP contribution in [0.1, 0.15) is 6.92 Å². The van der Waals surface area contributed by atoms with Crippen LogP contribution in [0, 0.1) is 0 Å². The minimum absolute atomic E-state index is 0.253. The molecule has 21 heavy (non-hydrogen) atoms. The van der Waals surface area contributed by atoms with Gasteiger partial charge in [-0.05, 0) is 19.1 Å². The Balaban J connectivity index is 2.00. The first kappa shape index (κ1) is 13.6. The number of anilines is 3. The summed E-state index contributed by atoms with van der Waals surface area (Å²) in [7, 11) is 0. The third-order valence-electron chi connectivity index (χ3n) is 3.43. The van der Waals surface area contributed by atoms with E-state index in [0.717, 1.165) is 17.9 Å². The lowest BCUT2D eigenvalue weighted by Gasteiger charge is -2.34. The number of hydrogen-bond donors (Lipinski definition) is 2. The van der Waals surface area contributed by atoms with Crippen LogP contribution in [0.3, 0.4) is 0 Å².